The van der Waals surface area contributed by atoms with Crippen LogP contribution in [0.25, 0.3) is 0 Å². The van der Waals surface area contributed by atoms with Crippen LogP contribution in [0.4, 0.5) is 5.82 Å². The summed E-state index contributed by atoms with van der Waals surface area (Å²) >= 11 is 0. The standard InChI is InChI=1S/C20H28N4O/c1-16-5-2-6-17(13-16)14-19(25)23-9-4-10-24(12-11-23)20-18(15-21)7-3-8-22-20/h3,7-8,16-17H,2,4-6,9-14H2,1H3. The number of hydrogen-bond donors (Lipinski definition) is 0. The van der Waals surface area contributed by atoms with Crippen LogP contribution < -0.4 is 4.90 Å². The van der Waals surface area contributed by atoms with Gasteiger partial charge in [0, 0.05) is 38.8 Å². The largest absolute Gasteiger partial charge is 0.354 e. The fourth-order valence-corrected chi connectivity index (χ4v) is 4.24. The SMILES string of the molecule is CC1CCCC(CC(=O)N2CCCN(c3ncccc3C#N)CC2)C1. The van der Waals surface area contributed by atoms with Gasteiger partial charge in [-0.2, -0.15) is 5.26 Å². The lowest BCUT2D eigenvalue weighted by Crippen LogP contribution is -2.36. The number of hydrogen-bond acceptors (Lipinski definition) is 4. The van der Waals surface area contributed by atoms with Crippen molar-refractivity contribution in [3.05, 3.63) is 23.9 Å². The molecule has 2 heterocycles. The first-order chi connectivity index (χ1) is 12.2. The maximum atomic E-state index is 12.7. The van der Waals surface area contributed by atoms with Crippen LogP contribution in [-0.2, 0) is 4.79 Å². The molecule has 25 heavy (non-hydrogen) atoms. The highest BCUT2D eigenvalue weighted by atomic mass is 16.2. The van der Waals surface area contributed by atoms with Crippen molar-refractivity contribution in [3.63, 3.8) is 0 Å². The first kappa shape index (κ1) is 17.7. The molecule has 5 heteroatoms. The fraction of sp³-hybridized carbons (Fsp3) is 0.650. The zero-order valence-electron chi connectivity index (χ0n) is 15.2. The molecule has 0 spiro atoms. The number of anilines is 1. The number of rotatable bonds is 3. The molecule has 3 rings (SSSR count). The van der Waals surface area contributed by atoms with Crippen molar-refractivity contribution < 1.29 is 4.79 Å². The summed E-state index contributed by atoms with van der Waals surface area (Å²) in [5.74, 6) is 2.39. The Morgan fingerprint density at radius 3 is 2.96 bits per heavy atom. The van der Waals surface area contributed by atoms with E-state index in [1.54, 1.807) is 18.3 Å². The average Bonchev–Trinajstić information content (AvgIpc) is 2.88. The summed E-state index contributed by atoms with van der Waals surface area (Å²) in [5.41, 5.74) is 0.610. The molecule has 2 unspecified atom stereocenters. The Morgan fingerprint density at radius 2 is 2.16 bits per heavy atom. The lowest BCUT2D eigenvalue weighted by molar-refractivity contribution is -0.132. The molecule has 1 aromatic heterocycles. The Kier molecular flexibility index (Phi) is 5.91. The van der Waals surface area contributed by atoms with Gasteiger partial charge in [0.05, 0.1) is 5.56 Å². The van der Waals surface area contributed by atoms with Crippen LogP contribution in [0, 0.1) is 23.2 Å². The van der Waals surface area contributed by atoms with Crippen LogP contribution >= 0.6 is 0 Å². The van der Waals surface area contributed by atoms with Gasteiger partial charge in [0.25, 0.3) is 0 Å². The summed E-state index contributed by atoms with van der Waals surface area (Å²) in [6.07, 6.45) is 8.35. The lowest BCUT2D eigenvalue weighted by Gasteiger charge is -2.29. The van der Waals surface area contributed by atoms with Crippen molar-refractivity contribution in [3.8, 4) is 6.07 Å². The van der Waals surface area contributed by atoms with Gasteiger partial charge in [-0.15, -0.1) is 0 Å². The second-order valence-electron chi connectivity index (χ2n) is 7.55. The van der Waals surface area contributed by atoms with Gasteiger partial charge in [-0.25, -0.2) is 4.98 Å². The maximum absolute atomic E-state index is 12.7. The van der Waals surface area contributed by atoms with E-state index in [0.29, 0.717) is 23.8 Å². The predicted octanol–water partition coefficient (Wildman–Crippen LogP) is 3.21. The Hall–Kier alpha value is -2.09. The number of carbonyl (C=O) groups excluding carboxylic acids is 1. The van der Waals surface area contributed by atoms with E-state index in [4.69, 9.17) is 0 Å². The Bertz CT molecular complexity index is 639. The monoisotopic (exact) mass is 340 g/mol. The normalized spacial score (nSPS) is 24.5. The predicted molar refractivity (Wildman–Crippen MR) is 98.1 cm³/mol. The fourth-order valence-electron chi connectivity index (χ4n) is 4.24. The first-order valence-electron chi connectivity index (χ1n) is 9.55. The average molecular weight is 340 g/mol. The minimum Gasteiger partial charge on any atom is -0.354 e. The number of amides is 1. The minimum absolute atomic E-state index is 0.308. The van der Waals surface area contributed by atoms with E-state index in [-0.39, 0.29) is 0 Å². The van der Waals surface area contributed by atoms with Crippen molar-refractivity contribution in [2.75, 3.05) is 31.1 Å². The van der Waals surface area contributed by atoms with Gasteiger partial charge in [0.1, 0.15) is 11.9 Å². The Labute approximate surface area is 150 Å². The molecule has 0 radical (unpaired) electrons. The van der Waals surface area contributed by atoms with Gasteiger partial charge in [-0.1, -0.05) is 19.8 Å². The Balaban J connectivity index is 1.58. The smallest absolute Gasteiger partial charge is 0.222 e. The second kappa shape index (κ2) is 8.33. The Morgan fingerprint density at radius 1 is 1.28 bits per heavy atom. The highest BCUT2D eigenvalue weighted by Gasteiger charge is 2.26. The third-order valence-corrected chi connectivity index (χ3v) is 5.56. The van der Waals surface area contributed by atoms with Crippen LogP contribution in [0.3, 0.4) is 0 Å². The summed E-state index contributed by atoms with van der Waals surface area (Å²) in [6.45, 7) is 5.43. The van der Waals surface area contributed by atoms with Crippen LogP contribution in [0.2, 0.25) is 0 Å². The van der Waals surface area contributed by atoms with Crippen molar-refractivity contribution in [2.45, 2.75) is 45.4 Å². The number of carbonyl (C=O) groups is 1. The van der Waals surface area contributed by atoms with E-state index in [2.05, 4.69) is 22.9 Å². The van der Waals surface area contributed by atoms with Crippen LogP contribution in [0.1, 0.15) is 51.0 Å². The number of nitriles is 1. The van der Waals surface area contributed by atoms with Crippen LogP contribution in [0.5, 0.6) is 0 Å². The van der Waals surface area contributed by atoms with Gasteiger partial charge in [-0.05, 0) is 43.2 Å². The van der Waals surface area contributed by atoms with Gasteiger partial charge < -0.3 is 9.80 Å². The van der Waals surface area contributed by atoms with Gasteiger partial charge in [0.15, 0.2) is 0 Å². The summed E-state index contributed by atoms with van der Waals surface area (Å²) in [4.78, 5) is 21.3. The number of nitrogens with zero attached hydrogens (tertiary/aromatic N) is 4. The molecule has 134 valence electrons. The maximum Gasteiger partial charge on any atom is 0.222 e. The highest BCUT2D eigenvalue weighted by molar-refractivity contribution is 5.76. The third kappa shape index (κ3) is 4.50. The van der Waals surface area contributed by atoms with Crippen molar-refractivity contribution in [1.29, 1.82) is 5.26 Å². The molecule has 2 fully saturated rings. The summed E-state index contributed by atoms with van der Waals surface area (Å²) in [6, 6.07) is 5.82. The van der Waals surface area contributed by atoms with Crippen molar-refractivity contribution >= 4 is 11.7 Å². The van der Waals surface area contributed by atoms with Gasteiger partial charge in [0.2, 0.25) is 5.91 Å². The van der Waals surface area contributed by atoms with Gasteiger partial charge >= 0.3 is 0 Å². The van der Waals surface area contributed by atoms with E-state index >= 15 is 0 Å². The number of aromatic nitrogens is 1. The zero-order chi connectivity index (χ0) is 17.6. The van der Waals surface area contributed by atoms with E-state index in [1.165, 1.54) is 25.7 Å². The molecule has 0 aromatic carbocycles. The molecule has 2 aliphatic rings. The van der Waals surface area contributed by atoms with Crippen molar-refractivity contribution in [1.82, 2.24) is 9.88 Å². The highest BCUT2D eigenvalue weighted by Crippen LogP contribution is 2.31. The minimum atomic E-state index is 0.308. The third-order valence-electron chi connectivity index (χ3n) is 5.56. The molecule has 5 nitrogen and oxygen atoms in total. The second-order valence-corrected chi connectivity index (χ2v) is 7.55. The molecular weight excluding hydrogens is 312 g/mol. The lowest BCUT2D eigenvalue weighted by atomic mass is 9.80. The van der Waals surface area contributed by atoms with Crippen LogP contribution in [-0.4, -0.2) is 42.0 Å². The number of pyridine rings is 1. The molecule has 1 saturated heterocycles. The van der Waals surface area contributed by atoms with Crippen LogP contribution in [0.15, 0.2) is 18.3 Å². The summed E-state index contributed by atoms with van der Waals surface area (Å²) in [5, 5.41) is 9.28. The molecule has 1 aromatic rings. The summed E-state index contributed by atoms with van der Waals surface area (Å²) in [7, 11) is 0. The first-order valence-corrected chi connectivity index (χ1v) is 9.55. The van der Waals surface area contributed by atoms with E-state index in [1.807, 2.05) is 4.90 Å². The molecular formula is C20H28N4O. The van der Waals surface area contributed by atoms with E-state index < -0.39 is 0 Å². The van der Waals surface area contributed by atoms with Gasteiger partial charge in [-0.3, -0.25) is 4.79 Å². The van der Waals surface area contributed by atoms with E-state index in [0.717, 1.165) is 44.3 Å². The molecule has 2 atom stereocenters. The zero-order valence-corrected chi connectivity index (χ0v) is 15.2. The molecule has 1 saturated carbocycles. The topological polar surface area (TPSA) is 60.2 Å². The van der Waals surface area contributed by atoms with E-state index in [9.17, 15) is 10.1 Å². The molecule has 0 bridgehead atoms. The molecule has 0 N–H and O–H groups in total. The molecule has 1 aliphatic heterocycles. The van der Waals surface area contributed by atoms with Crippen molar-refractivity contribution in [2.24, 2.45) is 11.8 Å². The molecule has 1 amide bonds. The quantitative estimate of drug-likeness (QED) is 0.848. The summed E-state index contributed by atoms with van der Waals surface area (Å²) < 4.78 is 0. The molecule has 1 aliphatic carbocycles.